The van der Waals surface area contributed by atoms with Crippen molar-refractivity contribution in [2.45, 2.75) is 25.3 Å². The highest BCUT2D eigenvalue weighted by Crippen LogP contribution is 2.38. The number of hydrogen-bond acceptors (Lipinski definition) is 1. The zero-order valence-corrected chi connectivity index (χ0v) is 9.13. The third-order valence-corrected chi connectivity index (χ3v) is 3.64. The molecule has 0 spiro atoms. The minimum atomic E-state index is 0.226. The summed E-state index contributed by atoms with van der Waals surface area (Å²) < 4.78 is 1.15. The fraction of sp³-hybridized carbons (Fsp3) is 0.455. The van der Waals surface area contributed by atoms with Crippen LogP contribution in [0.3, 0.4) is 0 Å². The lowest BCUT2D eigenvalue weighted by Crippen LogP contribution is -2.27. The molecule has 0 aromatic heterocycles. The summed E-state index contributed by atoms with van der Waals surface area (Å²) in [6, 6.07) is 8.49. The third-order valence-electron chi connectivity index (χ3n) is 2.92. The molecule has 70 valence electrons. The van der Waals surface area contributed by atoms with Crippen LogP contribution in [0.4, 0.5) is 0 Å². The zero-order valence-electron chi connectivity index (χ0n) is 7.54. The van der Waals surface area contributed by atoms with Gasteiger partial charge >= 0.3 is 0 Å². The van der Waals surface area contributed by atoms with Crippen molar-refractivity contribution >= 4 is 15.9 Å². The maximum Gasteiger partial charge on any atom is 0.0334 e. The first kappa shape index (κ1) is 9.22. The number of rotatable bonds is 2. The highest BCUT2D eigenvalue weighted by molar-refractivity contribution is 9.10. The van der Waals surface area contributed by atoms with E-state index in [1.165, 1.54) is 24.8 Å². The monoisotopic (exact) mass is 239 g/mol. The van der Waals surface area contributed by atoms with E-state index in [1.54, 1.807) is 0 Å². The van der Waals surface area contributed by atoms with Crippen molar-refractivity contribution in [2.24, 2.45) is 11.7 Å². The van der Waals surface area contributed by atoms with E-state index in [1.807, 2.05) is 6.07 Å². The number of hydrogen-bond donors (Lipinski definition) is 1. The van der Waals surface area contributed by atoms with Gasteiger partial charge in [0.2, 0.25) is 0 Å². The minimum Gasteiger partial charge on any atom is -0.324 e. The fourth-order valence-corrected chi connectivity index (χ4v) is 2.35. The van der Waals surface area contributed by atoms with E-state index in [4.69, 9.17) is 5.73 Å². The lowest BCUT2D eigenvalue weighted by Gasteiger charge is -2.31. The molecule has 0 unspecified atom stereocenters. The molecule has 0 aliphatic heterocycles. The van der Waals surface area contributed by atoms with E-state index in [-0.39, 0.29) is 6.04 Å². The molecular formula is C11H14BrN. The molecule has 0 bridgehead atoms. The predicted octanol–water partition coefficient (Wildman–Crippen LogP) is 3.25. The van der Waals surface area contributed by atoms with Crippen LogP contribution in [0.15, 0.2) is 28.7 Å². The second-order valence-electron chi connectivity index (χ2n) is 3.74. The van der Waals surface area contributed by atoms with E-state index in [2.05, 4.69) is 34.1 Å². The summed E-state index contributed by atoms with van der Waals surface area (Å²) in [7, 11) is 0. The Hall–Kier alpha value is -0.340. The van der Waals surface area contributed by atoms with Crippen LogP contribution >= 0.6 is 15.9 Å². The molecule has 1 nitrogen and oxygen atoms in total. The zero-order chi connectivity index (χ0) is 9.26. The van der Waals surface area contributed by atoms with Gasteiger partial charge in [0.05, 0.1) is 0 Å². The summed E-state index contributed by atoms with van der Waals surface area (Å²) in [5.41, 5.74) is 7.43. The highest BCUT2D eigenvalue weighted by atomic mass is 79.9. The van der Waals surface area contributed by atoms with Gasteiger partial charge < -0.3 is 5.73 Å². The molecule has 1 aromatic carbocycles. The van der Waals surface area contributed by atoms with E-state index >= 15 is 0 Å². The van der Waals surface area contributed by atoms with Crippen LogP contribution in [0.2, 0.25) is 0 Å². The highest BCUT2D eigenvalue weighted by Gasteiger charge is 2.26. The van der Waals surface area contributed by atoms with Gasteiger partial charge in [0.15, 0.2) is 0 Å². The van der Waals surface area contributed by atoms with Crippen LogP contribution in [0.25, 0.3) is 0 Å². The van der Waals surface area contributed by atoms with E-state index in [9.17, 15) is 0 Å². The van der Waals surface area contributed by atoms with Crippen LogP contribution in [0, 0.1) is 5.92 Å². The second kappa shape index (κ2) is 3.81. The molecule has 0 radical (unpaired) electrons. The van der Waals surface area contributed by atoms with Gasteiger partial charge in [-0.25, -0.2) is 0 Å². The largest absolute Gasteiger partial charge is 0.324 e. The van der Waals surface area contributed by atoms with Crippen molar-refractivity contribution in [1.82, 2.24) is 0 Å². The van der Waals surface area contributed by atoms with Crippen molar-refractivity contribution in [2.75, 3.05) is 0 Å². The molecule has 2 rings (SSSR count). The summed E-state index contributed by atoms with van der Waals surface area (Å²) in [5, 5.41) is 0. The lowest BCUT2D eigenvalue weighted by atomic mass is 9.78. The van der Waals surface area contributed by atoms with Crippen molar-refractivity contribution in [3.63, 3.8) is 0 Å². The molecule has 1 aliphatic rings. The molecule has 1 aliphatic carbocycles. The smallest absolute Gasteiger partial charge is 0.0334 e. The first-order valence-corrected chi connectivity index (χ1v) is 5.58. The van der Waals surface area contributed by atoms with E-state index in [0.717, 1.165) is 4.47 Å². The first-order valence-electron chi connectivity index (χ1n) is 4.79. The van der Waals surface area contributed by atoms with Crippen LogP contribution in [0.5, 0.6) is 0 Å². The predicted molar refractivity (Wildman–Crippen MR) is 58.4 cm³/mol. The Morgan fingerprint density at radius 2 is 2.00 bits per heavy atom. The van der Waals surface area contributed by atoms with Crippen LogP contribution < -0.4 is 5.73 Å². The van der Waals surface area contributed by atoms with Crippen LogP contribution in [0.1, 0.15) is 30.9 Å². The second-order valence-corrected chi connectivity index (χ2v) is 4.59. The third kappa shape index (κ3) is 1.79. The Morgan fingerprint density at radius 3 is 2.54 bits per heavy atom. The van der Waals surface area contributed by atoms with Crippen molar-refractivity contribution < 1.29 is 0 Å². The lowest BCUT2D eigenvalue weighted by molar-refractivity contribution is 0.264. The van der Waals surface area contributed by atoms with Gasteiger partial charge in [-0.2, -0.15) is 0 Å². The standard InChI is InChI=1S/C11H14BrN/c12-10-7-2-1-6-9(10)11(13)8-4-3-5-8/h1-2,6-8,11H,3-5,13H2/t11-/m1/s1. The van der Waals surface area contributed by atoms with Gasteiger partial charge in [0, 0.05) is 10.5 Å². The van der Waals surface area contributed by atoms with Crippen molar-refractivity contribution in [3.05, 3.63) is 34.3 Å². The minimum absolute atomic E-state index is 0.226. The summed E-state index contributed by atoms with van der Waals surface area (Å²) in [4.78, 5) is 0. The Morgan fingerprint density at radius 1 is 1.31 bits per heavy atom. The molecule has 13 heavy (non-hydrogen) atoms. The van der Waals surface area contributed by atoms with Crippen molar-refractivity contribution in [3.8, 4) is 0 Å². The summed E-state index contributed by atoms with van der Waals surface area (Å²) in [5.74, 6) is 0.707. The fourth-order valence-electron chi connectivity index (χ4n) is 1.80. The summed E-state index contributed by atoms with van der Waals surface area (Å²) >= 11 is 3.54. The van der Waals surface area contributed by atoms with Gasteiger partial charge in [0.25, 0.3) is 0 Å². The molecular weight excluding hydrogens is 226 g/mol. The van der Waals surface area contributed by atoms with E-state index < -0.39 is 0 Å². The molecule has 1 saturated carbocycles. The van der Waals surface area contributed by atoms with Gasteiger partial charge in [-0.05, 0) is 30.4 Å². The average molecular weight is 240 g/mol. The van der Waals surface area contributed by atoms with Gasteiger partial charge in [-0.1, -0.05) is 40.5 Å². The molecule has 0 amide bonds. The Kier molecular flexibility index (Phi) is 2.70. The molecule has 1 aromatic rings. The summed E-state index contributed by atoms with van der Waals surface area (Å²) in [6.45, 7) is 0. The van der Waals surface area contributed by atoms with Gasteiger partial charge in [-0.15, -0.1) is 0 Å². The first-order chi connectivity index (χ1) is 6.29. The normalized spacial score (nSPS) is 19.5. The topological polar surface area (TPSA) is 26.0 Å². The molecule has 1 atom stereocenters. The van der Waals surface area contributed by atoms with Gasteiger partial charge in [0.1, 0.15) is 0 Å². The Balaban J connectivity index is 2.18. The molecule has 0 heterocycles. The van der Waals surface area contributed by atoms with Gasteiger partial charge in [-0.3, -0.25) is 0 Å². The summed E-state index contributed by atoms with van der Waals surface area (Å²) in [6.07, 6.45) is 3.94. The van der Waals surface area contributed by atoms with E-state index in [0.29, 0.717) is 5.92 Å². The molecule has 2 N–H and O–H groups in total. The Labute approximate surface area is 87.5 Å². The SMILES string of the molecule is N[C@@H](c1ccccc1Br)C1CCC1. The average Bonchev–Trinajstić information content (AvgIpc) is 2.01. The van der Waals surface area contributed by atoms with Crippen LogP contribution in [-0.2, 0) is 0 Å². The van der Waals surface area contributed by atoms with Crippen molar-refractivity contribution in [1.29, 1.82) is 0 Å². The maximum atomic E-state index is 6.17. The molecule has 0 saturated heterocycles. The van der Waals surface area contributed by atoms with Crippen LogP contribution in [-0.4, -0.2) is 0 Å². The Bertz CT molecular complexity index is 294. The molecule has 2 heteroatoms. The maximum absolute atomic E-state index is 6.17. The quantitative estimate of drug-likeness (QED) is 0.843. The number of nitrogens with two attached hydrogens (primary N) is 1. The number of halogens is 1. The number of benzene rings is 1. The molecule has 1 fully saturated rings.